The van der Waals surface area contributed by atoms with Gasteiger partial charge in [0.25, 0.3) is 0 Å². The van der Waals surface area contributed by atoms with Gasteiger partial charge in [-0.1, -0.05) is 48.5 Å². The molecule has 2 aromatic carbocycles. The number of carbonyl (C=O) groups is 1. The lowest BCUT2D eigenvalue weighted by atomic mass is 9.89. The van der Waals surface area contributed by atoms with Crippen LogP contribution in [-0.2, 0) is 21.9 Å². The number of benzene rings is 2. The molecule has 2 atom stereocenters. The third kappa shape index (κ3) is 4.75. The number of hydrogen-bond acceptors (Lipinski definition) is 5. The Kier molecular flexibility index (Phi) is 6.71. The van der Waals surface area contributed by atoms with Crippen LogP contribution in [0.15, 0.2) is 71.9 Å². The lowest BCUT2D eigenvalue weighted by Crippen LogP contribution is -2.49. The molecule has 35 heavy (non-hydrogen) atoms. The maximum atomic E-state index is 13.7. The molecule has 3 heterocycles. The van der Waals surface area contributed by atoms with Crippen molar-refractivity contribution in [3.05, 3.63) is 78.4 Å². The Bertz CT molecular complexity index is 1250. The van der Waals surface area contributed by atoms with Crippen molar-refractivity contribution in [2.75, 3.05) is 19.6 Å². The van der Waals surface area contributed by atoms with Gasteiger partial charge in [0.05, 0.1) is 16.9 Å². The van der Waals surface area contributed by atoms with Crippen LogP contribution < -0.4 is 0 Å². The van der Waals surface area contributed by atoms with Crippen LogP contribution in [0.5, 0.6) is 0 Å². The highest BCUT2D eigenvalue weighted by atomic mass is 32.2. The number of likely N-dealkylation sites (tertiary alicyclic amines) is 1. The summed E-state index contributed by atoms with van der Waals surface area (Å²) in [5, 5.41) is 8.22. The first-order valence-electron chi connectivity index (χ1n) is 12.2. The van der Waals surface area contributed by atoms with Gasteiger partial charge < -0.3 is 9.47 Å². The average Bonchev–Trinajstić information content (AvgIpc) is 3.34. The van der Waals surface area contributed by atoms with Crippen molar-refractivity contribution in [2.24, 2.45) is 13.0 Å². The minimum atomic E-state index is -3.76. The second-order valence-electron chi connectivity index (χ2n) is 9.49. The molecule has 0 spiro atoms. The highest BCUT2D eigenvalue weighted by molar-refractivity contribution is 7.89. The first kappa shape index (κ1) is 23.7. The van der Waals surface area contributed by atoms with Crippen LogP contribution in [0.4, 0.5) is 0 Å². The molecule has 0 unspecified atom stereocenters. The molecule has 5 rings (SSSR count). The molecule has 8 nitrogen and oxygen atoms in total. The number of aromatic nitrogens is 3. The molecule has 3 aromatic rings. The van der Waals surface area contributed by atoms with E-state index in [0.717, 1.165) is 24.2 Å². The molecule has 2 saturated heterocycles. The number of hydrogen-bond donors (Lipinski definition) is 0. The van der Waals surface area contributed by atoms with Gasteiger partial charge in [-0.3, -0.25) is 4.79 Å². The fourth-order valence-electron chi connectivity index (χ4n) is 5.42. The van der Waals surface area contributed by atoms with Crippen LogP contribution in [0.2, 0.25) is 0 Å². The number of carbonyl (C=O) groups excluding carboxylic acids is 1. The monoisotopic (exact) mass is 493 g/mol. The second-order valence-corrected chi connectivity index (χ2v) is 11.4. The first-order valence-corrected chi connectivity index (χ1v) is 13.6. The zero-order valence-electron chi connectivity index (χ0n) is 19.9. The summed E-state index contributed by atoms with van der Waals surface area (Å²) in [6.45, 7) is 1.50. The van der Waals surface area contributed by atoms with E-state index in [9.17, 15) is 13.2 Å². The molecular formula is C26H31N5O3S. The van der Waals surface area contributed by atoms with E-state index in [-0.39, 0.29) is 35.2 Å². The normalized spacial score (nSPS) is 22.3. The number of sulfonamides is 1. The fourth-order valence-corrected chi connectivity index (χ4v) is 7.13. The highest BCUT2D eigenvalue weighted by Crippen LogP contribution is 2.38. The minimum absolute atomic E-state index is 0.0567. The van der Waals surface area contributed by atoms with E-state index >= 15 is 0 Å². The largest absolute Gasteiger partial charge is 0.342 e. The van der Waals surface area contributed by atoms with E-state index in [4.69, 9.17) is 0 Å². The van der Waals surface area contributed by atoms with Crippen LogP contribution in [0.25, 0.3) is 0 Å². The van der Waals surface area contributed by atoms with Crippen LogP contribution in [0, 0.1) is 5.92 Å². The quantitative estimate of drug-likeness (QED) is 0.544. The van der Waals surface area contributed by atoms with Gasteiger partial charge >= 0.3 is 0 Å². The standard InChI is InChI=1S/C26H31N5O3S/c1-29-19-27-28-25(29)21-14-16-30(17-15-21)26(32)22-12-13-24(20-8-4-2-5-9-20)31(18-22)35(33,34)23-10-6-3-7-11-23/h2-11,19,21-22,24H,12-18H2,1H3/t22-,24-/m1/s1. The summed E-state index contributed by atoms with van der Waals surface area (Å²) in [5.41, 5.74) is 0.961. The molecule has 0 aliphatic carbocycles. The fraction of sp³-hybridized carbons (Fsp3) is 0.423. The smallest absolute Gasteiger partial charge is 0.243 e. The van der Waals surface area contributed by atoms with Gasteiger partial charge in [0.2, 0.25) is 15.9 Å². The van der Waals surface area contributed by atoms with Gasteiger partial charge in [-0.05, 0) is 43.4 Å². The predicted octanol–water partition coefficient (Wildman–Crippen LogP) is 3.36. The molecule has 0 radical (unpaired) electrons. The van der Waals surface area contributed by atoms with Crippen LogP contribution in [-0.4, -0.2) is 57.9 Å². The van der Waals surface area contributed by atoms with Gasteiger partial charge in [0, 0.05) is 32.6 Å². The maximum Gasteiger partial charge on any atom is 0.243 e. The Morgan fingerprint density at radius 2 is 1.57 bits per heavy atom. The van der Waals surface area contributed by atoms with E-state index in [1.165, 1.54) is 0 Å². The Labute approximate surface area is 206 Å². The molecule has 1 aromatic heterocycles. The molecule has 0 bridgehead atoms. The van der Waals surface area contributed by atoms with E-state index < -0.39 is 10.0 Å². The van der Waals surface area contributed by atoms with Crippen LogP contribution in [0.3, 0.4) is 0 Å². The Morgan fingerprint density at radius 3 is 2.20 bits per heavy atom. The first-order chi connectivity index (χ1) is 16.9. The molecular weight excluding hydrogens is 462 g/mol. The summed E-state index contributed by atoms with van der Waals surface area (Å²) in [6.07, 6.45) is 4.66. The lowest BCUT2D eigenvalue weighted by Gasteiger charge is -2.41. The molecule has 1 amide bonds. The molecule has 0 N–H and O–H groups in total. The number of rotatable bonds is 5. The maximum absolute atomic E-state index is 13.7. The van der Waals surface area contributed by atoms with Crippen LogP contribution in [0.1, 0.15) is 49.0 Å². The van der Waals surface area contributed by atoms with E-state index in [1.807, 2.05) is 46.8 Å². The van der Waals surface area contributed by atoms with Crippen molar-refractivity contribution in [1.29, 1.82) is 0 Å². The summed E-state index contributed by atoms with van der Waals surface area (Å²) in [6, 6.07) is 18.0. The van der Waals surface area contributed by atoms with Gasteiger partial charge in [0.1, 0.15) is 12.2 Å². The predicted molar refractivity (Wildman–Crippen MR) is 132 cm³/mol. The molecule has 2 aliphatic heterocycles. The van der Waals surface area contributed by atoms with E-state index in [1.54, 1.807) is 41.0 Å². The number of nitrogens with zero attached hydrogens (tertiary/aromatic N) is 5. The van der Waals surface area contributed by atoms with Crippen molar-refractivity contribution in [1.82, 2.24) is 24.0 Å². The Morgan fingerprint density at radius 1 is 0.914 bits per heavy atom. The molecule has 0 saturated carbocycles. The highest BCUT2D eigenvalue weighted by Gasteiger charge is 2.41. The number of piperidine rings is 2. The summed E-state index contributed by atoms with van der Waals surface area (Å²) in [4.78, 5) is 15.7. The zero-order chi connectivity index (χ0) is 24.4. The minimum Gasteiger partial charge on any atom is -0.342 e. The Hall–Kier alpha value is -3.04. The SMILES string of the molecule is Cn1cnnc1C1CCN(C(=O)[C@@H]2CC[C@H](c3ccccc3)N(S(=O)(=O)c3ccccc3)C2)CC1. The van der Waals surface area contributed by atoms with Crippen molar-refractivity contribution in [3.63, 3.8) is 0 Å². The molecule has 184 valence electrons. The van der Waals surface area contributed by atoms with Crippen molar-refractivity contribution in [2.45, 2.75) is 42.5 Å². The van der Waals surface area contributed by atoms with Crippen molar-refractivity contribution >= 4 is 15.9 Å². The Balaban J connectivity index is 1.34. The third-order valence-electron chi connectivity index (χ3n) is 7.34. The van der Waals surface area contributed by atoms with Gasteiger partial charge in [-0.2, -0.15) is 4.31 Å². The molecule has 2 aliphatic rings. The van der Waals surface area contributed by atoms with Crippen molar-refractivity contribution in [3.8, 4) is 0 Å². The van der Waals surface area contributed by atoms with E-state index in [0.29, 0.717) is 25.9 Å². The van der Waals surface area contributed by atoms with Gasteiger partial charge in [0.15, 0.2) is 0 Å². The summed E-state index contributed by atoms with van der Waals surface area (Å²) in [5.74, 6) is 0.955. The third-order valence-corrected chi connectivity index (χ3v) is 9.23. The second kappa shape index (κ2) is 9.91. The zero-order valence-corrected chi connectivity index (χ0v) is 20.7. The van der Waals surface area contributed by atoms with Gasteiger partial charge in [-0.25, -0.2) is 8.42 Å². The average molecular weight is 494 g/mol. The summed E-state index contributed by atoms with van der Waals surface area (Å²) >= 11 is 0. The number of amides is 1. The molecule has 2 fully saturated rings. The van der Waals surface area contributed by atoms with Crippen LogP contribution >= 0.6 is 0 Å². The molecule has 9 heteroatoms. The van der Waals surface area contributed by atoms with Crippen molar-refractivity contribution < 1.29 is 13.2 Å². The summed E-state index contributed by atoms with van der Waals surface area (Å²) < 4.78 is 30.9. The summed E-state index contributed by atoms with van der Waals surface area (Å²) in [7, 11) is -1.81. The number of aryl methyl sites for hydroxylation is 1. The lowest BCUT2D eigenvalue weighted by molar-refractivity contribution is -0.138. The topological polar surface area (TPSA) is 88.4 Å². The van der Waals surface area contributed by atoms with E-state index in [2.05, 4.69) is 10.2 Å². The van der Waals surface area contributed by atoms with Gasteiger partial charge in [-0.15, -0.1) is 10.2 Å².